The maximum atomic E-state index is 5.75. The lowest BCUT2D eigenvalue weighted by atomic mass is 10.4. The van der Waals surface area contributed by atoms with Gasteiger partial charge in [0.2, 0.25) is 0 Å². The lowest BCUT2D eigenvalue weighted by Crippen LogP contribution is -2.04. The van der Waals surface area contributed by atoms with Crippen LogP contribution in [0, 0.1) is 6.92 Å². The van der Waals surface area contributed by atoms with Gasteiger partial charge in [-0.2, -0.15) is 5.10 Å². The first kappa shape index (κ1) is 8.96. The highest BCUT2D eigenvalue weighted by Crippen LogP contribution is 2.20. The summed E-state index contributed by atoms with van der Waals surface area (Å²) in [5, 5.41) is 4.31. The van der Waals surface area contributed by atoms with Gasteiger partial charge in [-0.05, 0) is 12.5 Å². The zero-order valence-corrected chi connectivity index (χ0v) is 8.23. The van der Waals surface area contributed by atoms with Gasteiger partial charge in [0.1, 0.15) is 12.0 Å². The molecular weight excluding hydrogens is 202 g/mol. The van der Waals surface area contributed by atoms with Crippen LogP contribution in [0.1, 0.15) is 5.56 Å². The first-order valence-electron chi connectivity index (χ1n) is 3.96. The summed E-state index contributed by atoms with van der Waals surface area (Å²) in [6, 6.07) is 0. The summed E-state index contributed by atoms with van der Waals surface area (Å²) < 4.78 is 1.57. The van der Waals surface area contributed by atoms with Crippen molar-refractivity contribution in [3.63, 3.8) is 0 Å². The highest BCUT2D eigenvalue weighted by Gasteiger charge is 2.08. The third kappa shape index (κ3) is 1.42. The largest absolute Gasteiger partial charge is 0.393 e. The number of aryl methyl sites for hydroxylation is 1. The second kappa shape index (κ2) is 3.26. The fraction of sp³-hybridized carbons (Fsp3) is 0.125. The number of nitrogens with two attached hydrogens (primary N) is 1. The van der Waals surface area contributed by atoms with Gasteiger partial charge < -0.3 is 5.73 Å². The van der Waals surface area contributed by atoms with Gasteiger partial charge >= 0.3 is 0 Å². The van der Waals surface area contributed by atoms with E-state index in [0.717, 1.165) is 5.56 Å². The van der Waals surface area contributed by atoms with Gasteiger partial charge in [-0.15, -0.1) is 0 Å². The van der Waals surface area contributed by atoms with Crippen molar-refractivity contribution in [1.29, 1.82) is 0 Å². The molecule has 2 N–H and O–H groups in total. The third-order valence-electron chi connectivity index (χ3n) is 1.74. The average molecular weight is 210 g/mol. The molecule has 72 valence electrons. The Labute approximate surface area is 85.5 Å². The number of halogens is 1. The minimum atomic E-state index is 0.239. The number of nitrogens with zero attached hydrogens (tertiary/aromatic N) is 4. The van der Waals surface area contributed by atoms with Gasteiger partial charge in [-0.3, -0.25) is 0 Å². The molecule has 0 saturated carbocycles. The van der Waals surface area contributed by atoms with Crippen molar-refractivity contribution in [1.82, 2.24) is 19.7 Å². The summed E-state index contributed by atoms with van der Waals surface area (Å²) in [4.78, 5) is 7.76. The van der Waals surface area contributed by atoms with E-state index >= 15 is 0 Å². The lowest BCUT2D eigenvalue weighted by molar-refractivity contribution is 0.842. The number of nitrogen functional groups attached to an aromatic ring is 1. The highest BCUT2D eigenvalue weighted by molar-refractivity contribution is 6.32. The Morgan fingerprint density at radius 1 is 1.43 bits per heavy atom. The second-order valence-corrected chi connectivity index (χ2v) is 3.22. The molecule has 6 heteroatoms. The Morgan fingerprint density at radius 3 is 2.86 bits per heavy atom. The van der Waals surface area contributed by atoms with Crippen molar-refractivity contribution in [3.8, 4) is 5.82 Å². The third-order valence-corrected chi connectivity index (χ3v) is 2.04. The number of hydrogen-bond acceptors (Lipinski definition) is 4. The maximum absolute atomic E-state index is 5.75. The molecule has 2 aromatic rings. The first-order chi connectivity index (χ1) is 6.68. The standard InChI is InChI=1S/C8H8ClN5/c1-5-2-13-14(3-5)8-6(10)7(9)11-4-12-8/h2-4H,10H2,1H3. The van der Waals surface area contributed by atoms with Crippen LogP contribution in [0.25, 0.3) is 5.82 Å². The molecule has 2 heterocycles. The van der Waals surface area contributed by atoms with Crippen molar-refractivity contribution in [2.45, 2.75) is 6.92 Å². The van der Waals surface area contributed by atoms with Crippen LogP contribution in [0.5, 0.6) is 0 Å². The van der Waals surface area contributed by atoms with Gasteiger partial charge in [-0.1, -0.05) is 11.6 Å². The van der Waals surface area contributed by atoms with E-state index in [1.165, 1.54) is 6.33 Å². The van der Waals surface area contributed by atoms with Crippen molar-refractivity contribution in [2.24, 2.45) is 0 Å². The molecule has 14 heavy (non-hydrogen) atoms. The molecule has 2 rings (SSSR count). The van der Waals surface area contributed by atoms with Gasteiger partial charge in [0, 0.05) is 6.20 Å². The SMILES string of the molecule is Cc1cnn(-c2ncnc(Cl)c2N)c1. The smallest absolute Gasteiger partial charge is 0.181 e. The Kier molecular flexibility index (Phi) is 2.09. The summed E-state index contributed by atoms with van der Waals surface area (Å²) in [5.41, 5.74) is 7.06. The predicted molar refractivity (Wildman–Crippen MR) is 53.3 cm³/mol. The molecule has 0 atom stereocenters. The monoisotopic (exact) mass is 209 g/mol. The molecular formula is C8H8ClN5. The van der Waals surface area contributed by atoms with Gasteiger partial charge in [0.25, 0.3) is 0 Å². The second-order valence-electron chi connectivity index (χ2n) is 2.86. The van der Waals surface area contributed by atoms with E-state index in [1.54, 1.807) is 10.9 Å². The van der Waals surface area contributed by atoms with E-state index in [2.05, 4.69) is 15.1 Å². The van der Waals surface area contributed by atoms with E-state index in [4.69, 9.17) is 17.3 Å². The van der Waals surface area contributed by atoms with E-state index in [-0.39, 0.29) is 5.15 Å². The van der Waals surface area contributed by atoms with E-state index in [1.807, 2.05) is 13.1 Å². The minimum absolute atomic E-state index is 0.239. The minimum Gasteiger partial charge on any atom is -0.393 e. The van der Waals surface area contributed by atoms with Gasteiger partial charge in [0.15, 0.2) is 11.0 Å². The van der Waals surface area contributed by atoms with Crippen molar-refractivity contribution in [3.05, 3.63) is 29.4 Å². The van der Waals surface area contributed by atoms with Crippen molar-refractivity contribution >= 4 is 17.3 Å². The zero-order chi connectivity index (χ0) is 10.1. The maximum Gasteiger partial charge on any atom is 0.181 e. The van der Waals surface area contributed by atoms with E-state index < -0.39 is 0 Å². The Bertz CT molecular complexity index is 465. The van der Waals surface area contributed by atoms with Crippen LogP contribution in [0.3, 0.4) is 0 Å². The number of anilines is 1. The molecule has 0 amide bonds. The zero-order valence-electron chi connectivity index (χ0n) is 7.48. The molecule has 0 aliphatic heterocycles. The molecule has 0 fully saturated rings. The van der Waals surface area contributed by atoms with Crippen LogP contribution in [0.15, 0.2) is 18.7 Å². The van der Waals surface area contributed by atoms with Crippen LogP contribution < -0.4 is 5.73 Å². The number of aromatic nitrogens is 4. The Morgan fingerprint density at radius 2 is 2.21 bits per heavy atom. The normalized spacial score (nSPS) is 10.4. The first-order valence-corrected chi connectivity index (χ1v) is 4.34. The van der Waals surface area contributed by atoms with Crippen molar-refractivity contribution < 1.29 is 0 Å². The average Bonchev–Trinajstić information content (AvgIpc) is 2.57. The van der Waals surface area contributed by atoms with E-state index in [0.29, 0.717) is 11.5 Å². The van der Waals surface area contributed by atoms with Crippen molar-refractivity contribution in [2.75, 3.05) is 5.73 Å². The summed E-state index contributed by atoms with van der Waals surface area (Å²) in [5.74, 6) is 0.498. The van der Waals surface area contributed by atoms with E-state index in [9.17, 15) is 0 Å². The van der Waals surface area contributed by atoms with Crippen LogP contribution in [0.4, 0.5) is 5.69 Å². The highest BCUT2D eigenvalue weighted by atomic mass is 35.5. The molecule has 0 saturated heterocycles. The molecule has 0 radical (unpaired) electrons. The topological polar surface area (TPSA) is 69.6 Å². The number of rotatable bonds is 1. The molecule has 0 spiro atoms. The summed E-state index contributed by atoms with van der Waals surface area (Å²) in [6.45, 7) is 1.93. The fourth-order valence-electron chi connectivity index (χ4n) is 1.08. The summed E-state index contributed by atoms with van der Waals surface area (Å²) >= 11 is 5.75. The predicted octanol–water partition coefficient (Wildman–Crippen LogP) is 1.21. The fourth-order valence-corrected chi connectivity index (χ4v) is 1.20. The lowest BCUT2D eigenvalue weighted by Gasteiger charge is -2.03. The number of hydrogen-bond donors (Lipinski definition) is 1. The quantitative estimate of drug-likeness (QED) is 0.717. The Hall–Kier alpha value is -1.62. The molecule has 5 nitrogen and oxygen atoms in total. The molecule has 0 unspecified atom stereocenters. The van der Waals surface area contributed by atoms with Crippen LogP contribution in [-0.2, 0) is 0 Å². The van der Waals surface area contributed by atoms with Crippen LogP contribution in [-0.4, -0.2) is 19.7 Å². The van der Waals surface area contributed by atoms with Crippen LogP contribution in [0.2, 0.25) is 5.15 Å². The molecule has 2 aromatic heterocycles. The molecule has 0 aliphatic rings. The molecule has 0 aliphatic carbocycles. The summed E-state index contributed by atoms with van der Waals surface area (Å²) in [7, 11) is 0. The molecule has 0 aromatic carbocycles. The van der Waals surface area contributed by atoms with Crippen LogP contribution >= 0.6 is 11.6 Å². The van der Waals surface area contributed by atoms with Gasteiger partial charge in [-0.25, -0.2) is 14.6 Å². The van der Waals surface area contributed by atoms with Gasteiger partial charge in [0.05, 0.1) is 6.20 Å². The Balaban J connectivity index is 2.57. The summed E-state index contributed by atoms with van der Waals surface area (Å²) in [6.07, 6.45) is 4.88. The molecule has 0 bridgehead atoms.